The standard InChI is InChI=1S/C12H10ClNO3S/c1-17-11-10(16)7-4-2-3-5-8(7)18-12(11)14-9(15)6-13/h2-5H,6H2,1H3,(H,14,15). The molecule has 0 atom stereocenters. The number of hydrogen-bond acceptors (Lipinski definition) is 4. The second-order valence-electron chi connectivity index (χ2n) is 3.47. The van der Waals surface area contributed by atoms with Gasteiger partial charge in [-0.15, -0.1) is 22.9 Å². The van der Waals surface area contributed by atoms with Crippen LogP contribution in [0.15, 0.2) is 29.1 Å². The van der Waals surface area contributed by atoms with Gasteiger partial charge in [0, 0.05) is 10.1 Å². The molecule has 2 rings (SSSR count). The normalized spacial score (nSPS) is 10.3. The van der Waals surface area contributed by atoms with Crippen molar-refractivity contribution in [2.75, 3.05) is 18.3 Å². The van der Waals surface area contributed by atoms with E-state index in [0.29, 0.717) is 10.4 Å². The highest BCUT2D eigenvalue weighted by molar-refractivity contribution is 7.22. The molecule has 6 heteroatoms. The van der Waals surface area contributed by atoms with Gasteiger partial charge in [-0.05, 0) is 12.1 Å². The van der Waals surface area contributed by atoms with Crippen molar-refractivity contribution < 1.29 is 9.53 Å². The average molecular weight is 284 g/mol. The maximum absolute atomic E-state index is 12.1. The summed E-state index contributed by atoms with van der Waals surface area (Å²) in [5.41, 5.74) is -0.239. The first-order chi connectivity index (χ1) is 8.67. The summed E-state index contributed by atoms with van der Waals surface area (Å²) in [7, 11) is 1.40. The summed E-state index contributed by atoms with van der Waals surface area (Å²) in [6.07, 6.45) is 0. The number of hydrogen-bond donors (Lipinski definition) is 1. The number of ether oxygens (including phenoxy) is 1. The molecule has 4 nitrogen and oxygen atoms in total. The molecule has 0 bridgehead atoms. The molecule has 94 valence electrons. The van der Waals surface area contributed by atoms with Crippen molar-refractivity contribution in [2.45, 2.75) is 0 Å². The van der Waals surface area contributed by atoms with E-state index in [1.807, 2.05) is 12.1 Å². The maximum Gasteiger partial charge on any atom is 0.240 e. The van der Waals surface area contributed by atoms with Crippen LogP contribution in [0, 0.1) is 0 Å². The highest BCUT2D eigenvalue weighted by Gasteiger charge is 2.14. The van der Waals surface area contributed by atoms with E-state index in [4.69, 9.17) is 16.3 Å². The Hall–Kier alpha value is -1.59. The summed E-state index contributed by atoms with van der Waals surface area (Å²) in [5.74, 6) is -0.408. The highest BCUT2D eigenvalue weighted by atomic mass is 35.5. The number of fused-ring (bicyclic) bond motifs is 1. The Morgan fingerprint density at radius 2 is 2.17 bits per heavy atom. The third-order valence-corrected chi connectivity index (χ3v) is 3.64. The molecule has 0 saturated heterocycles. The van der Waals surface area contributed by atoms with Crippen LogP contribution < -0.4 is 15.5 Å². The molecule has 1 aromatic carbocycles. The van der Waals surface area contributed by atoms with E-state index in [0.717, 1.165) is 4.70 Å². The van der Waals surface area contributed by atoms with Gasteiger partial charge in [0.2, 0.25) is 17.1 Å². The zero-order chi connectivity index (χ0) is 13.1. The zero-order valence-electron chi connectivity index (χ0n) is 9.53. The van der Waals surface area contributed by atoms with E-state index < -0.39 is 0 Å². The van der Waals surface area contributed by atoms with Crippen LogP contribution in [0.1, 0.15) is 0 Å². The topological polar surface area (TPSA) is 55.4 Å². The molecule has 1 amide bonds. The van der Waals surface area contributed by atoms with E-state index in [-0.39, 0.29) is 23.0 Å². The summed E-state index contributed by atoms with van der Waals surface area (Å²) >= 11 is 6.71. The van der Waals surface area contributed by atoms with Crippen LogP contribution in [0.2, 0.25) is 0 Å². The third-order valence-electron chi connectivity index (χ3n) is 2.33. The Labute approximate surface area is 112 Å². The molecular formula is C12H10ClNO3S. The minimum Gasteiger partial charge on any atom is -0.490 e. The van der Waals surface area contributed by atoms with Crippen molar-refractivity contribution in [3.8, 4) is 5.75 Å². The number of rotatable bonds is 3. The molecule has 0 radical (unpaired) electrons. The Balaban J connectivity index is 2.65. The molecule has 0 aliphatic heterocycles. The SMILES string of the molecule is COc1c(NC(=O)CCl)sc2ccccc2c1=O. The molecule has 1 heterocycles. The molecule has 1 aromatic heterocycles. The first kappa shape index (κ1) is 12.9. The number of benzene rings is 1. The van der Waals surface area contributed by atoms with Crippen LogP contribution >= 0.6 is 22.9 Å². The number of halogens is 1. The molecule has 0 spiro atoms. The lowest BCUT2D eigenvalue weighted by Gasteiger charge is -2.09. The quantitative estimate of drug-likeness (QED) is 0.880. The second-order valence-corrected chi connectivity index (χ2v) is 4.79. The van der Waals surface area contributed by atoms with E-state index in [1.54, 1.807) is 12.1 Å². The number of amides is 1. The second kappa shape index (κ2) is 5.37. The predicted octanol–water partition coefficient (Wildman–Crippen LogP) is 2.45. The lowest BCUT2D eigenvalue weighted by atomic mass is 10.2. The lowest BCUT2D eigenvalue weighted by molar-refractivity contribution is -0.113. The Kier molecular flexibility index (Phi) is 3.84. The van der Waals surface area contributed by atoms with Crippen LogP contribution in [-0.2, 0) is 4.79 Å². The van der Waals surface area contributed by atoms with E-state index in [2.05, 4.69) is 5.32 Å². The molecule has 0 aliphatic rings. The van der Waals surface area contributed by atoms with Crippen molar-refractivity contribution in [2.24, 2.45) is 0 Å². The third kappa shape index (κ3) is 2.32. The predicted molar refractivity (Wildman–Crippen MR) is 74.0 cm³/mol. The number of alkyl halides is 1. The fourth-order valence-corrected chi connectivity index (χ4v) is 2.69. The van der Waals surface area contributed by atoms with Gasteiger partial charge in [-0.25, -0.2) is 0 Å². The molecule has 0 aliphatic carbocycles. The van der Waals surface area contributed by atoms with Crippen LogP contribution in [-0.4, -0.2) is 18.9 Å². The summed E-state index contributed by atoms with van der Waals surface area (Å²) < 4.78 is 5.86. The van der Waals surface area contributed by atoms with Crippen molar-refractivity contribution in [3.63, 3.8) is 0 Å². The summed E-state index contributed by atoms with van der Waals surface area (Å²) in [4.78, 5) is 23.5. The van der Waals surface area contributed by atoms with Crippen molar-refractivity contribution in [1.82, 2.24) is 0 Å². The van der Waals surface area contributed by atoms with Gasteiger partial charge in [0.05, 0.1) is 7.11 Å². The molecule has 0 unspecified atom stereocenters. The van der Waals surface area contributed by atoms with Crippen LogP contribution in [0.25, 0.3) is 10.1 Å². The highest BCUT2D eigenvalue weighted by Crippen LogP contribution is 2.31. The average Bonchev–Trinajstić information content (AvgIpc) is 2.39. The van der Waals surface area contributed by atoms with Gasteiger partial charge in [-0.3, -0.25) is 9.59 Å². The van der Waals surface area contributed by atoms with Crippen LogP contribution in [0.5, 0.6) is 5.75 Å². The van der Waals surface area contributed by atoms with E-state index >= 15 is 0 Å². The van der Waals surface area contributed by atoms with Crippen molar-refractivity contribution in [1.29, 1.82) is 0 Å². The fourth-order valence-electron chi connectivity index (χ4n) is 1.55. The Morgan fingerprint density at radius 1 is 1.44 bits per heavy atom. The molecular weight excluding hydrogens is 274 g/mol. The minimum absolute atomic E-state index is 0.136. The van der Waals surface area contributed by atoms with Gasteiger partial charge in [-0.2, -0.15) is 0 Å². The smallest absolute Gasteiger partial charge is 0.240 e. The molecule has 0 saturated carbocycles. The van der Waals surface area contributed by atoms with Gasteiger partial charge < -0.3 is 10.1 Å². The molecule has 2 aromatic rings. The van der Waals surface area contributed by atoms with E-state index in [9.17, 15) is 9.59 Å². The molecule has 18 heavy (non-hydrogen) atoms. The van der Waals surface area contributed by atoms with Gasteiger partial charge in [-0.1, -0.05) is 12.1 Å². The fraction of sp³-hybridized carbons (Fsp3) is 0.167. The first-order valence-corrected chi connectivity index (χ1v) is 6.48. The van der Waals surface area contributed by atoms with Crippen LogP contribution in [0.3, 0.4) is 0 Å². The number of nitrogens with one attached hydrogen (secondary N) is 1. The number of carbonyl (C=O) groups excluding carboxylic acids is 1. The first-order valence-electron chi connectivity index (χ1n) is 5.13. The Morgan fingerprint density at radius 3 is 2.83 bits per heavy atom. The monoisotopic (exact) mass is 283 g/mol. The van der Waals surface area contributed by atoms with Gasteiger partial charge >= 0.3 is 0 Å². The summed E-state index contributed by atoms with van der Waals surface area (Å²) in [6, 6.07) is 7.16. The number of anilines is 1. The van der Waals surface area contributed by atoms with Crippen LogP contribution in [0.4, 0.5) is 5.00 Å². The zero-order valence-corrected chi connectivity index (χ0v) is 11.1. The summed E-state index contributed by atoms with van der Waals surface area (Å²) in [6.45, 7) is 0. The lowest BCUT2D eigenvalue weighted by Crippen LogP contribution is -2.15. The summed E-state index contributed by atoms with van der Waals surface area (Å²) in [5, 5.41) is 3.52. The minimum atomic E-state index is -0.374. The molecule has 1 N–H and O–H groups in total. The van der Waals surface area contributed by atoms with Crippen molar-refractivity contribution >= 4 is 43.9 Å². The largest absolute Gasteiger partial charge is 0.490 e. The Bertz CT molecular complexity index is 653. The van der Waals surface area contributed by atoms with Gasteiger partial charge in [0.15, 0.2) is 0 Å². The van der Waals surface area contributed by atoms with Gasteiger partial charge in [0.1, 0.15) is 10.9 Å². The molecule has 0 fully saturated rings. The van der Waals surface area contributed by atoms with Gasteiger partial charge in [0.25, 0.3) is 0 Å². The number of methoxy groups -OCH3 is 1. The van der Waals surface area contributed by atoms with Crippen molar-refractivity contribution in [3.05, 3.63) is 34.5 Å². The van der Waals surface area contributed by atoms with E-state index in [1.165, 1.54) is 18.4 Å². The maximum atomic E-state index is 12.1. The number of carbonyl (C=O) groups is 1.